The fourth-order valence-electron chi connectivity index (χ4n) is 1.38. The summed E-state index contributed by atoms with van der Waals surface area (Å²) in [5, 5.41) is 0. The molecule has 13 heavy (non-hydrogen) atoms. The van der Waals surface area contributed by atoms with E-state index in [-0.39, 0.29) is 0 Å². The number of hydrogen-bond donors (Lipinski definition) is 1. The molecule has 2 nitrogen and oxygen atoms in total. The van der Waals surface area contributed by atoms with Crippen molar-refractivity contribution in [2.75, 3.05) is 13.2 Å². The van der Waals surface area contributed by atoms with Crippen LogP contribution in [0.25, 0.3) is 0 Å². The van der Waals surface area contributed by atoms with Gasteiger partial charge < -0.3 is 9.47 Å². The van der Waals surface area contributed by atoms with Crippen LogP contribution in [0.3, 0.4) is 0 Å². The molecule has 1 aliphatic heterocycles. The second-order valence-electron chi connectivity index (χ2n) is 2.95. The Morgan fingerprint density at radius 3 is 2.92 bits per heavy atom. The topological polar surface area (TPSA) is 18.5 Å². The molecule has 70 valence electrons. The summed E-state index contributed by atoms with van der Waals surface area (Å²) in [6.07, 6.45) is 0.945. The molecule has 1 heterocycles. The van der Waals surface area contributed by atoms with Gasteiger partial charge in [0, 0.05) is 17.7 Å². The van der Waals surface area contributed by atoms with Crippen molar-refractivity contribution in [2.45, 2.75) is 12.2 Å². The van der Waals surface area contributed by atoms with E-state index in [1.807, 2.05) is 18.2 Å². The third kappa shape index (κ3) is 1.75. The minimum absolute atomic E-state index is 0.687. The van der Waals surface area contributed by atoms with Crippen LogP contribution in [0.2, 0.25) is 0 Å². The summed E-state index contributed by atoms with van der Waals surface area (Å²) < 4.78 is 11.1. The highest BCUT2D eigenvalue weighted by molar-refractivity contribution is 7.79. The summed E-state index contributed by atoms with van der Waals surface area (Å²) in [4.78, 5) is 0. The monoisotopic (exact) mass is 196 g/mol. The van der Waals surface area contributed by atoms with E-state index in [2.05, 4.69) is 12.6 Å². The van der Waals surface area contributed by atoms with Gasteiger partial charge in [0.25, 0.3) is 0 Å². The van der Waals surface area contributed by atoms with Crippen LogP contribution in [-0.2, 0) is 5.75 Å². The number of rotatable bonds is 1. The lowest BCUT2D eigenvalue weighted by Gasteiger charge is -2.10. The molecule has 1 aromatic carbocycles. The molecule has 0 amide bonds. The lowest BCUT2D eigenvalue weighted by molar-refractivity contribution is 0.296. The molecule has 0 saturated heterocycles. The molecule has 0 aromatic heterocycles. The summed E-state index contributed by atoms with van der Waals surface area (Å²) in [6.45, 7) is 1.47. The molecular formula is C10H12O2S. The molecule has 0 radical (unpaired) electrons. The van der Waals surface area contributed by atoms with Gasteiger partial charge >= 0.3 is 0 Å². The lowest BCUT2D eigenvalue weighted by atomic mass is 10.2. The van der Waals surface area contributed by atoms with Crippen LogP contribution in [-0.4, -0.2) is 13.2 Å². The highest BCUT2D eigenvalue weighted by Crippen LogP contribution is 2.33. The molecule has 1 aliphatic rings. The molecule has 3 heteroatoms. The van der Waals surface area contributed by atoms with Crippen LogP contribution >= 0.6 is 12.6 Å². The maximum atomic E-state index is 5.60. The van der Waals surface area contributed by atoms with Gasteiger partial charge in [-0.3, -0.25) is 0 Å². The van der Waals surface area contributed by atoms with Crippen LogP contribution in [0.5, 0.6) is 11.5 Å². The molecule has 2 rings (SSSR count). The van der Waals surface area contributed by atoms with E-state index in [0.717, 1.165) is 36.7 Å². The van der Waals surface area contributed by atoms with Crippen molar-refractivity contribution in [1.82, 2.24) is 0 Å². The average molecular weight is 196 g/mol. The van der Waals surface area contributed by atoms with Crippen molar-refractivity contribution in [3.05, 3.63) is 23.8 Å². The number of benzene rings is 1. The second-order valence-corrected chi connectivity index (χ2v) is 3.27. The Kier molecular flexibility index (Phi) is 2.64. The third-order valence-corrected chi connectivity index (χ3v) is 2.36. The van der Waals surface area contributed by atoms with Gasteiger partial charge in [-0.25, -0.2) is 0 Å². The van der Waals surface area contributed by atoms with E-state index in [4.69, 9.17) is 9.47 Å². The molecule has 0 spiro atoms. The Labute approximate surface area is 83.3 Å². The molecule has 1 aromatic rings. The van der Waals surface area contributed by atoms with Gasteiger partial charge in [-0.1, -0.05) is 12.1 Å². The number of fused-ring (bicyclic) bond motifs is 1. The largest absolute Gasteiger partial charge is 0.490 e. The van der Waals surface area contributed by atoms with Crippen molar-refractivity contribution in [2.24, 2.45) is 0 Å². The van der Waals surface area contributed by atoms with Crippen molar-refractivity contribution < 1.29 is 9.47 Å². The summed E-state index contributed by atoms with van der Waals surface area (Å²) in [6, 6.07) is 5.92. The standard InChI is InChI=1S/C10H12O2S/c13-7-8-3-1-4-9-10(8)12-6-2-5-11-9/h1,3-4,13H,2,5-7H2. The molecule has 0 N–H and O–H groups in total. The van der Waals surface area contributed by atoms with Crippen molar-refractivity contribution >= 4 is 12.6 Å². The summed E-state index contributed by atoms with van der Waals surface area (Å²) in [5.74, 6) is 2.41. The molecule has 0 unspecified atom stereocenters. The first-order valence-electron chi connectivity index (χ1n) is 4.40. The Bertz CT molecular complexity index is 299. The normalized spacial score (nSPS) is 15.2. The van der Waals surface area contributed by atoms with Crippen LogP contribution in [0.15, 0.2) is 18.2 Å². The van der Waals surface area contributed by atoms with Gasteiger partial charge in [0.05, 0.1) is 13.2 Å². The SMILES string of the molecule is SCc1cccc2c1OCCCO2. The molecular weight excluding hydrogens is 184 g/mol. The highest BCUT2D eigenvalue weighted by Gasteiger charge is 2.12. The van der Waals surface area contributed by atoms with Gasteiger partial charge in [0.15, 0.2) is 11.5 Å². The average Bonchev–Trinajstić information content (AvgIpc) is 2.41. The van der Waals surface area contributed by atoms with Crippen molar-refractivity contribution in [3.8, 4) is 11.5 Å². The zero-order valence-electron chi connectivity index (χ0n) is 7.32. The predicted molar refractivity (Wildman–Crippen MR) is 54.7 cm³/mol. The van der Waals surface area contributed by atoms with Gasteiger partial charge in [0.1, 0.15) is 0 Å². The van der Waals surface area contributed by atoms with Gasteiger partial charge in [0.2, 0.25) is 0 Å². The first kappa shape index (κ1) is 8.75. The zero-order valence-corrected chi connectivity index (χ0v) is 8.22. The smallest absolute Gasteiger partial charge is 0.165 e. The Morgan fingerprint density at radius 2 is 2.08 bits per heavy atom. The Morgan fingerprint density at radius 1 is 1.23 bits per heavy atom. The fourth-order valence-corrected chi connectivity index (χ4v) is 1.63. The van der Waals surface area contributed by atoms with Gasteiger partial charge in [-0.05, 0) is 6.07 Å². The highest BCUT2D eigenvalue weighted by atomic mass is 32.1. The first-order valence-corrected chi connectivity index (χ1v) is 5.03. The molecule has 0 fully saturated rings. The molecule has 0 saturated carbocycles. The number of thiol groups is 1. The molecule has 0 aliphatic carbocycles. The number of hydrogen-bond acceptors (Lipinski definition) is 3. The number of para-hydroxylation sites is 1. The van der Waals surface area contributed by atoms with Crippen molar-refractivity contribution in [3.63, 3.8) is 0 Å². The van der Waals surface area contributed by atoms with Gasteiger partial charge in [-0.2, -0.15) is 12.6 Å². The molecule has 0 bridgehead atoms. The first-order chi connectivity index (χ1) is 6.42. The zero-order chi connectivity index (χ0) is 9.10. The van der Waals surface area contributed by atoms with Crippen molar-refractivity contribution in [1.29, 1.82) is 0 Å². The quantitative estimate of drug-likeness (QED) is 0.695. The third-order valence-electron chi connectivity index (χ3n) is 2.02. The maximum Gasteiger partial charge on any atom is 0.165 e. The van der Waals surface area contributed by atoms with Crippen LogP contribution < -0.4 is 9.47 Å². The van der Waals surface area contributed by atoms with E-state index < -0.39 is 0 Å². The van der Waals surface area contributed by atoms with Crippen LogP contribution in [0.1, 0.15) is 12.0 Å². The lowest BCUT2D eigenvalue weighted by Crippen LogP contribution is -1.98. The predicted octanol–water partition coefficient (Wildman–Crippen LogP) is 2.28. The van der Waals surface area contributed by atoms with E-state index >= 15 is 0 Å². The minimum atomic E-state index is 0.687. The van der Waals surface area contributed by atoms with E-state index in [1.165, 1.54) is 0 Å². The van der Waals surface area contributed by atoms with Crippen LogP contribution in [0, 0.1) is 0 Å². The second kappa shape index (κ2) is 3.92. The maximum absolute atomic E-state index is 5.60. The Balaban J connectivity index is 2.40. The molecule has 0 atom stereocenters. The fraction of sp³-hybridized carbons (Fsp3) is 0.400. The van der Waals surface area contributed by atoms with Gasteiger partial charge in [-0.15, -0.1) is 0 Å². The summed E-state index contributed by atoms with van der Waals surface area (Å²) in [7, 11) is 0. The van der Waals surface area contributed by atoms with E-state index in [1.54, 1.807) is 0 Å². The van der Waals surface area contributed by atoms with E-state index in [0.29, 0.717) is 5.75 Å². The summed E-state index contributed by atoms with van der Waals surface area (Å²) in [5.41, 5.74) is 1.10. The minimum Gasteiger partial charge on any atom is -0.490 e. The van der Waals surface area contributed by atoms with E-state index in [9.17, 15) is 0 Å². The summed E-state index contributed by atoms with van der Waals surface area (Å²) >= 11 is 4.24. The number of ether oxygens (including phenoxy) is 2. The van der Waals surface area contributed by atoms with Crippen LogP contribution in [0.4, 0.5) is 0 Å². The Hall–Kier alpha value is -0.830.